The molecule has 3 rings (SSSR count). The summed E-state index contributed by atoms with van der Waals surface area (Å²) in [5.41, 5.74) is -0.221. The highest BCUT2D eigenvalue weighted by molar-refractivity contribution is 9.10. The van der Waals surface area contributed by atoms with Gasteiger partial charge in [-0.15, -0.1) is 0 Å². The molecule has 4 nitrogen and oxygen atoms in total. The van der Waals surface area contributed by atoms with Gasteiger partial charge in [0.1, 0.15) is 17.9 Å². The standard InChI is InChI=1S/C14H14BrFN2O2/c15-10-7-9(16)3-4-11(10)18-8-12(19)17-14(13(18)20)5-1-2-6-14/h3-4,7H,1-2,5-6,8H2,(H,17,19). The molecule has 2 amide bonds. The Morgan fingerprint density at radius 1 is 1.25 bits per heavy atom. The number of nitrogens with zero attached hydrogens (tertiary/aromatic N) is 1. The molecule has 1 aromatic carbocycles. The molecule has 2 fully saturated rings. The maximum absolute atomic E-state index is 13.2. The van der Waals surface area contributed by atoms with Crippen LogP contribution in [0.2, 0.25) is 0 Å². The number of hydrogen-bond donors (Lipinski definition) is 1. The molecule has 1 aliphatic carbocycles. The van der Waals surface area contributed by atoms with E-state index in [9.17, 15) is 14.0 Å². The summed E-state index contributed by atoms with van der Waals surface area (Å²) in [7, 11) is 0. The van der Waals surface area contributed by atoms with E-state index in [0.717, 1.165) is 12.8 Å². The van der Waals surface area contributed by atoms with Gasteiger partial charge in [-0.05, 0) is 47.0 Å². The second-order valence-electron chi connectivity index (χ2n) is 5.32. The summed E-state index contributed by atoms with van der Waals surface area (Å²) in [5.74, 6) is -0.644. The Morgan fingerprint density at radius 3 is 2.60 bits per heavy atom. The summed E-state index contributed by atoms with van der Waals surface area (Å²) < 4.78 is 13.7. The first-order valence-corrected chi connectivity index (χ1v) is 7.39. The van der Waals surface area contributed by atoms with E-state index >= 15 is 0 Å². The Labute approximate surface area is 124 Å². The molecule has 20 heavy (non-hydrogen) atoms. The van der Waals surface area contributed by atoms with Crippen LogP contribution in [0.25, 0.3) is 0 Å². The second-order valence-corrected chi connectivity index (χ2v) is 6.18. The number of amides is 2. The number of carbonyl (C=O) groups excluding carboxylic acids is 2. The number of benzene rings is 1. The van der Waals surface area contributed by atoms with Crippen LogP contribution in [-0.4, -0.2) is 23.9 Å². The first kappa shape index (κ1) is 13.5. The molecular weight excluding hydrogens is 327 g/mol. The summed E-state index contributed by atoms with van der Waals surface area (Å²) in [4.78, 5) is 26.1. The van der Waals surface area contributed by atoms with Crippen LogP contribution < -0.4 is 10.2 Å². The van der Waals surface area contributed by atoms with Crippen LogP contribution in [0.4, 0.5) is 10.1 Å². The van der Waals surface area contributed by atoms with Gasteiger partial charge in [0.25, 0.3) is 5.91 Å². The minimum Gasteiger partial charge on any atom is -0.340 e. The summed E-state index contributed by atoms with van der Waals surface area (Å²) in [6.45, 7) is -0.0230. The van der Waals surface area contributed by atoms with Crippen molar-refractivity contribution >= 4 is 33.4 Å². The third kappa shape index (κ3) is 2.12. The number of carbonyl (C=O) groups is 2. The monoisotopic (exact) mass is 340 g/mol. The van der Waals surface area contributed by atoms with Gasteiger partial charge < -0.3 is 5.32 Å². The predicted molar refractivity (Wildman–Crippen MR) is 75.8 cm³/mol. The topological polar surface area (TPSA) is 49.4 Å². The van der Waals surface area contributed by atoms with Gasteiger partial charge in [-0.1, -0.05) is 12.8 Å². The molecule has 0 bridgehead atoms. The predicted octanol–water partition coefficient (Wildman–Crippen LogP) is 2.36. The number of rotatable bonds is 1. The Balaban J connectivity index is 1.99. The van der Waals surface area contributed by atoms with Crippen LogP contribution in [0.15, 0.2) is 22.7 Å². The zero-order chi connectivity index (χ0) is 14.3. The zero-order valence-electron chi connectivity index (χ0n) is 10.8. The van der Waals surface area contributed by atoms with E-state index in [1.807, 2.05) is 0 Å². The van der Waals surface area contributed by atoms with Crippen LogP contribution in [-0.2, 0) is 9.59 Å². The van der Waals surface area contributed by atoms with Crippen LogP contribution in [0.1, 0.15) is 25.7 Å². The third-order valence-electron chi connectivity index (χ3n) is 3.99. The largest absolute Gasteiger partial charge is 0.340 e. The lowest BCUT2D eigenvalue weighted by Gasteiger charge is -2.40. The van der Waals surface area contributed by atoms with Crippen LogP contribution in [0.3, 0.4) is 0 Å². The van der Waals surface area contributed by atoms with Gasteiger partial charge in [-0.3, -0.25) is 14.5 Å². The van der Waals surface area contributed by atoms with E-state index in [2.05, 4.69) is 21.2 Å². The average Bonchev–Trinajstić information content (AvgIpc) is 2.84. The summed E-state index contributed by atoms with van der Waals surface area (Å²) in [5, 5.41) is 2.85. The number of halogens is 2. The smallest absolute Gasteiger partial charge is 0.253 e. The number of nitrogens with one attached hydrogen (secondary N) is 1. The van der Waals surface area contributed by atoms with Gasteiger partial charge in [-0.25, -0.2) is 4.39 Å². The van der Waals surface area contributed by atoms with Crippen molar-refractivity contribution in [1.82, 2.24) is 5.32 Å². The fraction of sp³-hybridized carbons (Fsp3) is 0.429. The average molecular weight is 341 g/mol. The molecule has 1 heterocycles. The molecule has 1 spiro atoms. The van der Waals surface area contributed by atoms with Gasteiger partial charge >= 0.3 is 0 Å². The number of anilines is 1. The van der Waals surface area contributed by atoms with E-state index in [1.54, 1.807) is 0 Å². The molecule has 6 heteroatoms. The lowest BCUT2D eigenvalue weighted by Crippen LogP contribution is -2.65. The van der Waals surface area contributed by atoms with Crippen molar-refractivity contribution in [2.45, 2.75) is 31.2 Å². The van der Waals surface area contributed by atoms with Gasteiger partial charge in [0, 0.05) is 4.47 Å². The first-order chi connectivity index (χ1) is 9.52. The fourth-order valence-electron chi connectivity index (χ4n) is 3.05. The molecule has 106 valence electrons. The van der Waals surface area contributed by atoms with Crippen molar-refractivity contribution in [3.63, 3.8) is 0 Å². The van der Waals surface area contributed by atoms with Gasteiger partial charge in [0.15, 0.2) is 0 Å². The summed E-state index contributed by atoms with van der Waals surface area (Å²) in [6.07, 6.45) is 3.22. The van der Waals surface area contributed by atoms with Crippen LogP contribution in [0, 0.1) is 5.82 Å². The van der Waals surface area contributed by atoms with Crippen molar-refractivity contribution in [2.24, 2.45) is 0 Å². The number of piperazine rings is 1. The van der Waals surface area contributed by atoms with E-state index < -0.39 is 5.54 Å². The molecule has 0 radical (unpaired) electrons. The normalized spacial score (nSPS) is 21.4. The van der Waals surface area contributed by atoms with E-state index in [4.69, 9.17) is 0 Å². The van der Waals surface area contributed by atoms with Gasteiger partial charge in [0.05, 0.1) is 5.69 Å². The van der Waals surface area contributed by atoms with Crippen molar-refractivity contribution < 1.29 is 14.0 Å². The van der Waals surface area contributed by atoms with E-state index in [1.165, 1.54) is 23.1 Å². The Kier molecular flexibility index (Phi) is 3.28. The molecule has 1 saturated carbocycles. The Morgan fingerprint density at radius 2 is 1.95 bits per heavy atom. The molecular formula is C14H14BrFN2O2. The highest BCUT2D eigenvalue weighted by Gasteiger charge is 2.48. The molecule has 0 aromatic heterocycles. The molecule has 0 unspecified atom stereocenters. The second kappa shape index (κ2) is 4.84. The summed E-state index contributed by atoms with van der Waals surface area (Å²) in [6, 6.07) is 4.12. The summed E-state index contributed by atoms with van der Waals surface area (Å²) >= 11 is 3.26. The molecule has 2 aliphatic rings. The zero-order valence-corrected chi connectivity index (χ0v) is 12.4. The van der Waals surface area contributed by atoms with Crippen molar-refractivity contribution in [2.75, 3.05) is 11.4 Å². The van der Waals surface area contributed by atoms with Crippen LogP contribution in [0.5, 0.6) is 0 Å². The minimum atomic E-state index is -0.761. The maximum Gasteiger partial charge on any atom is 0.253 e. The highest BCUT2D eigenvalue weighted by Crippen LogP contribution is 2.37. The van der Waals surface area contributed by atoms with Gasteiger partial charge in [0.2, 0.25) is 5.91 Å². The van der Waals surface area contributed by atoms with Crippen LogP contribution >= 0.6 is 15.9 Å². The first-order valence-electron chi connectivity index (χ1n) is 6.60. The molecule has 1 aromatic rings. The van der Waals surface area contributed by atoms with Crippen molar-refractivity contribution in [3.05, 3.63) is 28.5 Å². The lowest BCUT2D eigenvalue weighted by atomic mass is 9.92. The fourth-order valence-corrected chi connectivity index (χ4v) is 3.61. The van der Waals surface area contributed by atoms with Crippen molar-refractivity contribution in [3.8, 4) is 0 Å². The molecule has 1 saturated heterocycles. The Hall–Kier alpha value is -1.43. The van der Waals surface area contributed by atoms with E-state index in [-0.39, 0.29) is 24.2 Å². The number of hydrogen-bond acceptors (Lipinski definition) is 2. The van der Waals surface area contributed by atoms with Gasteiger partial charge in [-0.2, -0.15) is 0 Å². The van der Waals surface area contributed by atoms with Crippen molar-refractivity contribution in [1.29, 1.82) is 0 Å². The molecule has 1 N–H and O–H groups in total. The highest BCUT2D eigenvalue weighted by atomic mass is 79.9. The SMILES string of the molecule is O=C1CN(c2ccc(F)cc2Br)C(=O)C2(CCCC2)N1. The lowest BCUT2D eigenvalue weighted by molar-refractivity contribution is -0.135. The Bertz CT molecular complexity index is 585. The third-order valence-corrected chi connectivity index (χ3v) is 4.63. The quantitative estimate of drug-likeness (QED) is 0.853. The molecule has 1 aliphatic heterocycles. The van der Waals surface area contributed by atoms with E-state index in [0.29, 0.717) is 23.0 Å². The maximum atomic E-state index is 13.2. The molecule has 0 atom stereocenters. The minimum absolute atomic E-state index is 0.0230.